The topological polar surface area (TPSA) is 94.3 Å². The first-order valence-corrected chi connectivity index (χ1v) is 14.9. The van der Waals surface area contributed by atoms with E-state index in [-0.39, 0.29) is 23.1 Å². The van der Waals surface area contributed by atoms with Crippen LogP contribution in [0.4, 0.5) is 5.69 Å². The van der Waals surface area contributed by atoms with Gasteiger partial charge in [-0.15, -0.1) is 0 Å². The third-order valence-electron chi connectivity index (χ3n) is 8.31. The summed E-state index contributed by atoms with van der Waals surface area (Å²) in [5.41, 5.74) is 7.23. The minimum Gasteiger partial charge on any atom is -0.354 e. The van der Waals surface area contributed by atoms with E-state index in [9.17, 15) is 14.4 Å². The summed E-state index contributed by atoms with van der Waals surface area (Å²) in [4.78, 5) is 45.6. The Balaban J connectivity index is 1.20. The van der Waals surface area contributed by atoms with Crippen molar-refractivity contribution in [2.24, 2.45) is 5.41 Å². The van der Waals surface area contributed by atoms with Gasteiger partial charge in [-0.05, 0) is 66.0 Å². The van der Waals surface area contributed by atoms with Crippen LogP contribution in [0, 0.1) is 5.41 Å². The van der Waals surface area contributed by atoms with Gasteiger partial charge in [0, 0.05) is 40.8 Å². The normalized spacial score (nSPS) is 16.9. The number of nitrogens with one attached hydrogen (secondary N) is 3. The van der Waals surface area contributed by atoms with Crippen molar-refractivity contribution in [3.63, 3.8) is 0 Å². The maximum absolute atomic E-state index is 13.9. The van der Waals surface area contributed by atoms with Crippen molar-refractivity contribution in [3.8, 4) is 11.3 Å². The van der Waals surface area contributed by atoms with Crippen LogP contribution in [-0.4, -0.2) is 40.2 Å². The Morgan fingerprint density at radius 1 is 0.976 bits per heavy atom. The summed E-state index contributed by atoms with van der Waals surface area (Å²) in [6, 6.07) is 22.3. The van der Waals surface area contributed by atoms with E-state index in [1.54, 1.807) is 4.90 Å². The highest BCUT2D eigenvalue weighted by molar-refractivity contribution is 6.00. The van der Waals surface area contributed by atoms with E-state index in [1.165, 1.54) is 22.1 Å². The molecule has 4 aromatic rings. The van der Waals surface area contributed by atoms with Crippen LogP contribution in [0.5, 0.6) is 0 Å². The quantitative estimate of drug-likeness (QED) is 0.263. The Kier molecular flexibility index (Phi) is 7.35. The molecule has 0 unspecified atom stereocenters. The summed E-state index contributed by atoms with van der Waals surface area (Å²) >= 11 is 0. The lowest BCUT2D eigenvalue weighted by molar-refractivity contribution is -0.140. The lowest BCUT2D eigenvalue weighted by Crippen LogP contribution is -2.49. The molecule has 1 aliphatic heterocycles. The SMILES string of the molecule is CC(C)(C)CC(=O)N[C@H](C(=O)N1CCC[C@H]1C(=O)Nc1ccc2c(c1)CCc1c-2[nH]c2ccccc12)c1ccccc1. The van der Waals surface area contributed by atoms with Crippen LogP contribution in [0.15, 0.2) is 72.8 Å². The lowest BCUT2D eigenvalue weighted by atomic mass is 9.88. The molecular formula is C35H38N4O3. The first kappa shape index (κ1) is 27.8. The van der Waals surface area contributed by atoms with Crippen molar-refractivity contribution in [2.75, 3.05) is 11.9 Å². The van der Waals surface area contributed by atoms with Gasteiger partial charge in [-0.1, -0.05) is 75.4 Å². The lowest BCUT2D eigenvalue weighted by Gasteiger charge is -2.30. The average molecular weight is 563 g/mol. The summed E-state index contributed by atoms with van der Waals surface area (Å²) < 4.78 is 0. The third kappa shape index (κ3) is 5.56. The van der Waals surface area contributed by atoms with Gasteiger partial charge >= 0.3 is 0 Å². The van der Waals surface area contributed by atoms with Crippen LogP contribution >= 0.6 is 0 Å². The number of hydrogen-bond acceptors (Lipinski definition) is 3. The molecule has 0 saturated carbocycles. The fourth-order valence-corrected chi connectivity index (χ4v) is 6.39. The molecule has 1 fully saturated rings. The predicted octanol–water partition coefficient (Wildman–Crippen LogP) is 6.16. The summed E-state index contributed by atoms with van der Waals surface area (Å²) in [6.45, 7) is 6.45. The average Bonchev–Trinajstić information content (AvgIpc) is 3.60. The van der Waals surface area contributed by atoms with E-state index in [0.717, 1.165) is 36.2 Å². The minimum absolute atomic E-state index is 0.183. The standard InChI is InChI=1S/C35H38N4O3/c1-35(2,3)21-30(40)38-31(22-10-5-4-6-11-22)34(42)39-19-9-14-29(39)33(41)36-24-16-18-25-23(20-24)15-17-27-26-12-7-8-13-28(26)37-32(25)27/h4-8,10-13,16,18,20,29,31,37H,9,14-15,17,19,21H2,1-3H3,(H,36,41)(H,38,40)/t29-,31-/m0/s1. The monoisotopic (exact) mass is 562 g/mol. The van der Waals surface area contributed by atoms with Crippen LogP contribution in [0.2, 0.25) is 0 Å². The molecule has 1 saturated heterocycles. The van der Waals surface area contributed by atoms with Crippen molar-refractivity contribution in [1.29, 1.82) is 0 Å². The molecule has 0 radical (unpaired) electrons. The molecule has 1 aliphatic carbocycles. The number of nitrogens with zero attached hydrogens (tertiary/aromatic N) is 1. The molecule has 2 heterocycles. The Labute approximate surface area is 246 Å². The van der Waals surface area contributed by atoms with Gasteiger partial charge in [0.15, 0.2) is 0 Å². The molecule has 7 nitrogen and oxygen atoms in total. The molecule has 2 aliphatic rings. The number of fused-ring (bicyclic) bond motifs is 5. The van der Waals surface area contributed by atoms with Crippen LogP contribution < -0.4 is 10.6 Å². The zero-order valence-corrected chi connectivity index (χ0v) is 24.5. The number of aromatic amines is 1. The highest BCUT2D eigenvalue weighted by Gasteiger charge is 2.38. The maximum atomic E-state index is 13.9. The van der Waals surface area contributed by atoms with Crippen LogP contribution in [0.25, 0.3) is 22.2 Å². The molecular weight excluding hydrogens is 524 g/mol. The molecule has 42 heavy (non-hydrogen) atoms. The molecule has 7 heteroatoms. The Bertz CT molecular complexity index is 1650. The van der Waals surface area contributed by atoms with Crippen LogP contribution in [-0.2, 0) is 27.2 Å². The van der Waals surface area contributed by atoms with Gasteiger partial charge in [0.25, 0.3) is 0 Å². The molecule has 0 spiro atoms. The molecule has 216 valence electrons. The van der Waals surface area contributed by atoms with Gasteiger partial charge in [-0.3, -0.25) is 14.4 Å². The summed E-state index contributed by atoms with van der Waals surface area (Å²) in [7, 11) is 0. The van der Waals surface area contributed by atoms with E-state index < -0.39 is 12.1 Å². The van der Waals surface area contributed by atoms with Crippen molar-refractivity contribution in [2.45, 2.75) is 65.0 Å². The molecule has 0 bridgehead atoms. The number of hydrogen-bond donors (Lipinski definition) is 3. The van der Waals surface area contributed by atoms with E-state index in [2.05, 4.69) is 45.9 Å². The van der Waals surface area contributed by atoms with Crippen molar-refractivity contribution >= 4 is 34.3 Å². The van der Waals surface area contributed by atoms with E-state index >= 15 is 0 Å². The third-order valence-corrected chi connectivity index (χ3v) is 8.31. The molecule has 1 aromatic heterocycles. The molecule has 3 N–H and O–H groups in total. The Morgan fingerprint density at radius 3 is 2.52 bits per heavy atom. The number of para-hydroxylation sites is 1. The summed E-state index contributed by atoms with van der Waals surface area (Å²) in [5, 5.41) is 7.32. The minimum atomic E-state index is -0.844. The van der Waals surface area contributed by atoms with Crippen molar-refractivity contribution in [3.05, 3.63) is 89.5 Å². The molecule has 2 atom stereocenters. The number of likely N-dealkylation sites (tertiary alicyclic amines) is 1. The second-order valence-corrected chi connectivity index (χ2v) is 12.7. The fraction of sp³-hybridized carbons (Fsp3) is 0.343. The first-order chi connectivity index (χ1) is 20.2. The highest BCUT2D eigenvalue weighted by atomic mass is 16.2. The Morgan fingerprint density at radius 2 is 1.74 bits per heavy atom. The number of benzene rings is 3. The van der Waals surface area contributed by atoms with Gasteiger partial charge in [-0.25, -0.2) is 0 Å². The number of amides is 3. The summed E-state index contributed by atoms with van der Waals surface area (Å²) in [6.07, 6.45) is 3.45. The van der Waals surface area contributed by atoms with E-state index in [4.69, 9.17) is 0 Å². The number of H-pyrrole nitrogens is 1. The smallest absolute Gasteiger partial charge is 0.250 e. The van der Waals surface area contributed by atoms with Gasteiger partial charge in [0.1, 0.15) is 12.1 Å². The van der Waals surface area contributed by atoms with Crippen LogP contribution in [0.1, 0.15) is 62.8 Å². The van der Waals surface area contributed by atoms with E-state index in [0.29, 0.717) is 24.9 Å². The van der Waals surface area contributed by atoms with Gasteiger partial charge < -0.3 is 20.5 Å². The van der Waals surface area contributed by atoms with Gasteiger partial charge in [0.2, 0.25) is 17.7 Å². The number of aryl methyl sites for hydroxylation is 2. The fourth-order valence-electron chi connectivity index (χ4n) is 6.39. The summed E-state index contributed by atoms with van der Waals surface area (Å²) in [5.74, 6) is -0.634. The highest BCUT2D eigenvalue weighted by Crippen LogP contribution is 2.38. The number of aromatic nitrogens is 1. The predicted molar refractivity (Wildman–Crippen MR) is 166 cm³/mol. The number of carbonyl (C=O) groups is 3. The van der Waals surface area contributed by atoms with Crippen LogP contribution in [0.3, 0.4) is 0 Å². The van der Waals surface area contributed by atoms with Crippen molar-refractivity contribution < 1.29 is 14.4 Å². The second-order valence-electron chi connectivity index (χ2n) is 12.7. The maximum Gasteiger partial charge on any atom is 0.250 e. The number of rotatable bonds is 6. The van der Waals surface area contributed by atoms with E-state index in [1.807, 2.05) is 63.2 Å². The number of carbonyl (C=O) groups excluding carboxylic acids is 3. The number of anilines is 1. The van der Waals surface area contributed by atoms with Crippen molar-refractivity contribution in [1.82, 2.24) is 15.2 Å². The zero-order chi connectivity index (χ0) is 29.4. The molecule has 6 rings (SSSR count). The Hall–Kier alpha value is -4.39. The second kappa shape index (κ2) is 11.1. The largest absolute Gasteiger partial charge is 0.354 e. The molecule has 3 amide bonds. The zero-order valence-electron chi connectivity index (χ0n) is 24.5. The van der Waals surface area contributed by atoms with Gasteiger partial charge in [0.05, 0.1) is 0 Å². The van der Waals surface area contributed by atoms with Gasteiger partial charge in [-0.2, -0.15) is 0 Å². The molecule has 3 aromatic carbocycles. The first-order valence-electron chi connectivity index (χ1n) is 14.9.